The van der Waals surface area contributed by atoms with Crippen molar-refractivity contribution in [1.82, 2.24) is 78.9 Å². The number of allylic oxidation sites excluding steroid dienone is 1. The fraction of sp³-hybridized carbons (Fsp3) is 0.240. The van der Waals surface area contributed by atoms with E-state index in [1.165, 1.54) is 20.0 Å². The van der Waals surface area contributed by atoms with Crippen molar-refractivity contribution in [2.24, 2.45) is 42.3 Å². The van der Waals surface area contributed by atoms with Gasteiger partial charge in [-0.05, 0) is 127 Å². The van der Waals surface area contributed by atoms with Crippen molar-refractivity contribution in [3.8, 4) is 0 Å². The van der Waals surface area contributed by atoms with E-state index in [2.05, 4.69) is 64.5 Å². The smallest absolute Gasteiger partial charge is 0.266 e. The summed E-state index contributed by atoms with van der Waals surface area (Å²) in [6.45, 7) is 3.98. The molecule has 0 aliphatic carbocycles. The van der Waals surface area contributed by atoms with Gasteiger partial charge in [0.2, 0.25) is 0 Å². The third kappa shape index (κ3) is 41.7. The molecule has 0 spiro atoms. The summed E-state index contributed by atoms with van der Waals surface area (Å²) < 4.78 is 9.83. The summed E-state index contributed by atoms with van der Waals surface area (Å²) in [4.78, 5) is 86.3. The van der Waals surface area contributed by atoms with Gasteiger partial charge in [0.1, 0.15) is 0 Å². The van der Waals surface area contributed by atoms with Crippen LogP contribution in [-0.4, -0.2) is 98.7 Å². The Morgan fingerprint density at radius 1 is 0.267 bits per heavy atom. The Kier molecular flexibility index (Phi) is 56.8. The van der Waals surface area contributed by atoms with E-state index in [9.17, 15) is 33.6 Å². The largest absolute Gasteiger partial charge is 0.301 e. The van der Waals surface area contributed by atoms with Crippen LogP contribution in [0.15, 0.2) is 333 Å². The number of thioether (sulfide) groups is 8. The molecule has 8 heterocycles. The summed E-state index contributed by atoms with van der Waals surface area (Å²) in [5.74, 6) is 5.98. The number of H-pyrrole nitrogens is 8. The molecule has 8 N–H and O–H groups in total. The summed E-state index contributed by atoms with van der Waals surface area (Å²) >= 11 is 60.9. The summed E-state index contributed by atoms with van der Waals surface area (Å²) in [6, 6.07) is 72.8. The Hall–Kier alpha value is -8.97. The monoisotopic (exact) mass is 2140 g/mol. The van der Waals surface area contributed by atoms with Crippen molar-refractivity contribution >= 4 is 187 Å². The average Bonchev–Trinajstić information content (AvgIpc) is 1.71. The molecular formula is C96H118Cl8N16O7S8. The molecule has 23 nitrogen and oxygen atoms in total. The quantitative estimate of drug-likeness (QED) is 0.0261. The van der Waals surface area contributed by atoms with Crippen molar-refractivity contribution in [3.63, 3.8) is 0 Å². The molecule has 0 atom stereocenters. The first-order chi connectivity index (χ1) is 61.3. The third-order valence-electron chi connectivity index (χ3n) is 17.9. The van der Waals surface area contributed by atoms with Gasteiger partial charge in [0.15, 0.2) is 0 Å². The standard InChI is InChI=1S/C13H15ClN2S.C12H13ClN2OS.4C11H11ClN2OS.2C10H9ClN2OS.7CH4/c1-10-7-12(16(3)15(10)2)9-17-13-6-4-5-11(14)8-13;1-14-9(7-12(16)15(14)2)8-17-11-6-4-3-5-10(11)13;1-14-9(6-11(15)13-14)7-16-10-4-2-3-8(12)5-10;1-14-11(15)6-9(13-14)7-16-10-4-2-3-8(12)5-10;1-14-8(6-11(15)13-14)7-16-10-5-3-2-4-9(10)12;1-14-11(15)6-8(13-14)7-16-10-5-3-2-4-9(10)12;11-7-2-1-3-9(4-7)15-6-8-5-10(14)13-12-8;11-8-3-1-2-4-9(8)15-6-7-5-10(14)13-12-7;;;;;;;/h4-8H,1,9H2,2-3H3;3-7H,8H2,1-2H3;2-6H,7H2,1H3,(H,13,15);2-6,13H,7H2,1H3;2-6H,7H2,1H3,(H,13,15);2-6,13H,7H2,1H3;2*1-5H,6H2,(H2,12,13,14);7*1H4. The van der Waals surface area contributed by atoms with Crippen LogP contribution < -0.4 is 38.9 Å². The zero-order valence-electron chi connectivity index (χ0n) is 70.2. The van der Waals surface area contributed by atoms with Gasteiger partial charge in [0, 0.05) is 233 Å². The van der Waals surface area contributed by atoms with E-state index in [1.807, 2.05) is 233 Å². The molecule has 0 fully saturated rings. The molecule has 0 amide bonds. The van der Waals surface area contributed by atoms with Gasteiger partial charge in [0.25, 0.3) is 38.9 Å². The van der Waals surface area contributed by atoms with E-state index >= 15 is 0 Å². The number of nitrogens with one attached hydrogen (secondary N) is 8. The molecule has 0 unspecified atom stereocenters. The first-order valence-corrected chi connectivity index (χ1v) is 49.3. The minimum absolute atomic E-state index is 0. The number of hydrazine groups is 1. The second-order valence-corrected chi connectivity index (χ2v) is 39.0. The van der Waals surface area contributed by atoms with Gasteiger partial charge in [-0.1, -0.05) is 224 Å². The molecule has 0 saturated carbocycles. The first-order valence-electron chi connectivity index (χ1n) is 38.4. The van der Waals surface area contributed by atoms with Gasteiger partial charge in [-0.15, -0.1) is 94.1 Å². The van der Waals surface area contributed by atoms with Crippen LogP contribution >= 0.6 is 187 Å². The molecular weight excluding hydrogens is 2030 g/mol. The number of likely N-dealkylation sites (N-methyl/N-ethyl adjacent to an activating group) is 1. The fourth-order valence-electron chi connectivity index (χ4n) is 10.9. The molecule has 7 aromatic heterocycles. The topological polar surface area (TPSA) is 282 Å². The van der Waals surface area contributed by atoms with Gasteiger partial charge in [0.05, 0.1) is 42.9 Å². The number of benzene rings is 8. The van der Waals surface area contributed by atoms with Crippen molar-refractivity contribution in [2.45, 2.75) is 131 Å². The molecule has 0 bridgehead atoms. The Bertz CT molecular complexity index is 6600. The second-order valence-electron chi connectivity index (χ2n) is 27.3. The Balaban J connectivity index is 0.000000518. The van der Waals surface area contributed by atoms with Crippen LogP contribution in [0.3, 0.4) is 0 Å². The lowest BCUT2D eigenvalue weighted by molar-refractivity contribution is 0.135. The van der Waals surface area contributed by atoms with Gasteiger partial charge in [-0.2, -0.15) is 0 Å². The van der Waals surface area contributed by atoms with Crippen LogP contribution in [0.4, 0.5) is 0 Å². The summed E-state index contributed by atoms with van der Waals surface area (Å²) in [7, 11) is 14.7. The van der Waals surface area contributed by atoms with Gasteiger partial charge < -0.3 is 10.2 Å². The predicted molar refractivity (Wildman–Crippen MR) is 587 cm³/mol. The number of aryl methyl sites for hydroxylation is 4. The van der Waals surface area contributed by atoms with Crippen molar-refractivity contribution in [2.75, 3.05) is 19.8 Å². The molecule has 1 aliphatic heterocycles. The van der Waals surface area contributed by atoms with Crippen LogP contribution in [0.1, 0.15) is 91.8 Å². The number of hydrogen-bond acceptors (Lipinski definition) is 17. The highest BCUT2D eigenvalue weighted by atomic mass is 35.5. The van der Waals surface area contributed by atoms with Crippen molar-refractivity contribution < 1.29 is 0 Å². The van der Waals surface area contributed by atoms with Gasteiger partial charge in [-0.25, -0.2) is 0 Å². The highest BCUT2D eigenvalue weighted by Gasteiger charge is 2.19. The van der Waals surface area contributed by atoms with Gasteiger partial charge >= 0.3 is 0 Å². The minimum Gasteiger partial charge on any atom is -0.301 e. The van der Waals surface area contributed by atoms with E-state index in [0.29, 0.717) is 11.5 Å². The highest BCUT2D eigenvalue weighted by Crippen LogP contribution is 2.35. The van der Waals surface area contributed by atoms with Crippen molar-refractivity contribution in [1.29, 1.82) is 0 Å². The highest BCUT2D eigenvalue weighted by molar-refractivity contribution is 8.00. The van der Waals surface area contributed by atoms with Crippen LogP contribution in [0.5, 0.6) is 0 Å². The lowest BCUT2D eigenvalue weighted by Gasteiger charge is -2.26. The summed E-state index contributed by atoms with van der Waals surface area (Å²) in [6.07, 6.45) is 2.11. The molecule has 1 aliphatic rings. The van der Waals surface area contributed by atoms with E-state index in [4.69, 9.17) is 92.8 Å². The Morgan fingerprint density at radius 3 is 0.852 bits per heavy atom. The molecule has 8 aromatic carbocycles. The maximum atomic E-state index is 11.4. The number of nitrogens with zero attached hydrogens (tertiary/aromatic N) is 8. The average molecular weight is 2150 g/mol. The molecule has 39 heteroatoms. The third-order valence-corrected chi connectivity index (χ3v) is 29.2. The van der Waals surface area contributed by atoms with E-state index in [0.717, 1.165) is 155 Å². The maximum absolute atomic E-state index is 11.4. The molecule has 0 radical (unpaired) electrons. The molecule has 16 rings (SSSR count). The van der Waals surface area contributed by atoms with Gasteiger partial charge in [-0.3, -0.25) is 102 Å². The summed E-state index contributed by atoms with van der Waals surface area (Å²) in [5.41, 5.74) is 8.38. The zero-order chi connectivity index (χ0) is 92.3. The van der Waals surface area contributed by atoms with E-state index < -0.39 is 0 Å². The number of halogens is 8. The lowest BCUT2D eigenvalue weighted by Crippen LogP contribution is -2.29. The minimum atomic E-state index is -0.107. The van der Waals surface area contributed by atoms with E-state index in [-0.39, 0.29) is 90.9 Å². The second kappa shape index (κ2) is 62.8. The van der Waals surface area contributed by atoms with Crippen LogP contribution in [0, 0.1) is 0 Å². The Labute approximate surface area is 864 Å². The number of hydrogen-bond donors (Lipinski definition) is 8. The van der Waals surface area contributed by atoms with Crippen LogP contribution in [0.2, 0.25) is 40.2 Å². The number of aromatic nitrogens is 14. The predicted octanol–water partition coefficient (Wildman–Crippen LogP) is 26.7. The normalized spacial score (nSPS) is 10.7. The molecule has 728 valence electrons. The maximum Gasteiger partial charge on any atom is 0.266 e. The van der Waals surface area contributed by atoms with E-state index in [1.54, 1.807) is 172 Å². The first kappa shape index (κ1) is 122. The molecule has 135 heavy (non-hydrogen) atoms. The summed E-state index contributed by atoms with van der Waals surface area (Å²) in [5, 5.41) is 32.0. The molecule has 15 aromatic rings. The van der Waals surface area contributed by atoms with Crippen molar-refractivity contribution in [3.05, 3.63) is 413 Å². The lowest BCUT2D eigenvalue weighted by atomic mass is 10.4. The SMILES string of the molecule is C.C.C.C.C.C.C.C=C1C=C(CSc2cccc(Cl)c2)N(C)N1C.Cn1[nH]c(=O)cc1CSc1cccc(Cl)c1.Cn1[nH]c(=O)cc1CSc1ccccc1Cl.Cn1[nH]c(CSc2cccc(Cl)c2)cc1=O.Cn1[nH]c(CSc2ccccc2Cl)cc1=O.Cn1c(CSc2ccccc2Cl)cc(=O)n1C.O=c1cc(CSc2cccc(Cl)c2)[nH][nH]1.O=c1cc(CSc2ccccc2Cl)[nH][nH]1. The fourth-order valence-corrected chi connectivity index (χ4v) is 20.4. The van der Waals surface area contributed by atoms with Crippen LogP contribution in [-0.2, 0) is 82.6 Å². The zero-order valence-corrected chi connectivity index (χ0v) is 82.8. The van der Waals surface area contributed by atoms with Crippen LogP contribution in [0.25, 0.3) is 0 Å². The number of rotatable bonds is 24. The number of aromatic amines is 8. The Morgan fingerprint density at radius 2 is 0.570 bits per heavy atom. The molecule has 0 saturated heterocycles.